The smallest absolute Gasteiger partial charge is 0.254 e. The molecule has 1 aliphatic heterocycles. The molecule has 7 rings (SSSR count). The molecular formula is C34H41N5O2. The largest absolute Gasteiger partial charge is 0.494 e. The Morgan fingerprint density at radius 2 is 1.95 bits per heavy atom. The number of methoxy groups -OCH3 is 1. The van der Waals surface area contributed by atoms with E-state index in [2.05, 4.69) is 59.4 Å². The van der Waals surface area contributed by atoms with E-state index in [-0.39, 0.29) is 18.0 Å². The number of rotatable bonds is 8. The zero-order valence-electron chi connectivity index (χ0n) is 24.6. The quantitative estimate of drug-likeness (QED) is 0.281. The van der Waals surface area contributed by atoms with E-state index in [4.69, 9.17) is 15.5 Å². The number of hydrogen-bond acceptors (Lipinski definition) is 4. The Kier molecular flexibility index (Phi) is 6.45. The summed E-state index contributed by atoms with van der Waals surface area (Å²) < 4.78 is 10.4. The molecule has 2 aromatic heterocycles. The SMILES string of the molecule is CC[C@@H]1CN(C(=O)c2cc(OC)c3c(c2)nc(-c2cc4ccc(/C=C/C5CC5)cc4n2CC2CC2)n3C)[C@H](C)[C@H]1N. The van der Waals surface area contributed by atoms with Crippen LogP contribution in [0.4, 0.5) is 0 Å². The van der Waals surface area contributed by atoms with Crippen LogP contribution < -0.4 is 10.5 Å². The van der Waals surface area contributed by atoms with Gasteiger partial charge in [0.15, 0.2) is 5.82 Å². The maximum absolute atomic E-state index is 13.7. The Morgan fingerprint density at radius 3 is 2.63 bits per heavy atom. The van der Waals surface area contributed by atoms with Crippen LogP contribution in [0.5, 0.6) is 5.75 Å². The monoisotopic (exact) mass is 551 g/mol. The van der Waals surface area contributed by atoms with Gasteiger partial charge in [0, 0.05) is 48.7 Å². The van der Waals surface area contributed by atoms with Crippen LogP contribution in [0.25, 0.3) is 39.5 Å². The normalized spacial score (nSPS) is 23.0. The van der Waals surface area contributed by atoms with Gasteiger partial charge < -0.3 is 24.5 Å². The van der Waals surface area contributed by atoms with E-state index < -0.39 is 0 Å². The zero-order valence-corrected chi connectivity index (χ0v) is 24.6. The van der Waals surface area contributed by atoms with Crippen molar-refractivity contribution in [1.29, 1.82) is 0 Å². The van der Waals surface area contributed by atoms with Crippen LogP contribution in [0, 0.1) is 17.8 Å². The molecule has 0 spiro atoms. The second-order valence-corrected chi connectivity index (χ2v) is 12.6. The first-order valence-electron chi connectivity index (χ1n) is 15.3. The van der Waals surface area contributed by atoms with Crippen LogP contribution in [0.1, 0.15) is 61.9 Å². The molecule has 7 nitrogen and oxygen atoms in total. The lowest BCUT2D eigenvalue weighted by molar-refractivity contribution is 0.0739. The van der Waals surface area contributed by atoms with Gasteiger partial charge in [0.25, 0.3) is 5.91 Å². The van der Waals surface area contributed by atoms with Gasteiger partial charge in [-0.1, -0.05) is 37.6 Å². The molecule has 7 heteroatoms. The van der Waals surface area contributed by atoms with Gasteiger partial charge in [0.1, 0.15) is 11.3 Å². The average molecular weight is 552 g/mol. The van der Waals surface area contributed by atoms with Crippen LogP contribution in [0.15, 0.2) is 42.5 Å². The first-order valence-corrected chi connectivity index (χ1v) is 15.3. The van der Waals surface area contributed by atoms with Gasteiger partial charge in [-0.2, -0.15) is 0 Å². The van der Waals surface area contributed by atoms with Crippen LogP contribution in [-0.4, -0.2) is 50.7 Å². The van der Waals surface area contributed by atoms with Crippen molar-refractivity contribution < 1.29 is 9.53 Å². The minimum absolute atomic E-state index is 0.00410. The van der Waals surface area contributed by atoms with E-state index in [9.17, 15) is 4.79 Å². The molecule has 0 radical (unpaired) electrons. The number of aryl methyl sites for hydroxylation is 1. The second kappa shape index (κ2) is 10.1. The highest BCUT2D eigenvalue weighted by Gasteiger charge is 2.39. The number of hydrogen-bond donors (Lipinski definition) is 1. The molecule has 0 unspecified atom stereocenters. The van der Waals surface area contributed by atoms with Gasteiger partial charge in [-0.05, 0) is 80.2 Å². The van der Waals surface area contributed by atoms with E-state index in [0.717, 1.165) is 41.4 Å². The number of benzene rings is 2. The second-order valence-electron chi connectivity index (χ2n) is 12.6. The summed E-state index contributed by atoms with van der Waals surface area (Å²) in [5.74, 6) is 3.32. The molecule has 1 saturated heterocycles. The lowest BCUT2D eigenvalue weighted by Gasteiger charge is -2.23. The molecule has 1 amide bonds. The summed E-state index contributed by atoms with van der Waals surface area (Å²) in [5.41, 5.74) is 12.3. The number of carbonyl (C=O) groups is 1. The molecule has 2 N–H and O–H groups in total. The topological polar surface area (TPSA) is 78.3 Å². The fourth-order valence-corrected chi connectivity index (χ4v) is 6.65. The number of fused-ring (bicyclic) bond motifs is 2. The molecule has 2 saturated carbocycles. The standard InChI is InChI=1S/C34H41N5O2/c1-5-24-19-38(20(2)31(24)35)34(40)26-15-27-32(30(17-26)41-4)37(3)33(36-27)29-16-25-13-12-22(9-8-21-6-7-21)14-28(25)39(29)18-23-10-11-23/h8-9,12-17,20-21,23-24,31H,5-7,10-11,18-19,35H2,1-4H3/b9-8+/t20-,24-,31-/m1/s1. The number of nitrogens with two attached hydrogens (primary N) is 1. The fraction of sp³-hybridized carbons (Fsp3) is 0.471. The minimum Gasteiger partial charge on any atom is -0.494 e. The summed E-state index contributed by atoms with van der Waals surface area (Å²) in [6.45, 7) is 5.87. The zero-order chi connectivity index (χ0) is 28.4. The van der Waals surface area contributed by atoms with Crippen molar-refractivity contribution in [1.82, 2.24) is 19.0 Å². The number of aromatic nitrogens is 3. The molecule has 0 bridgehead atoms. The van der Waals surface area contributed by atoms with Gasteiger partial charge in [-0.15, -0.1) is 0 Å². The molecule has 3 fully saturated rings. The molecule has 3 heterocycles. The van der Waals surface area contributed by atoms with Crippen molar-refractivity contribution in [2.75, 3.05) is 13.7 Å². The average Bonchev–Trinajstić information content (AvgIpc) is 3.90. The maximum Gasteiger partial charge on any atom is 0.254 e. The Bertz CT molecular complexity index is 1670. The molecule has 3 aliphatic rings. The summed E-state index contributed by atoms with van der Waals surface area (Å²) in [6, 6.07) is 12.8. The number of nitrogens with zero attached hydrogens (tertiary/aromatic N) is 4. The number of carbonyl (C=O) groups excluding carboxylic acids is 1. The van der Waals surface area contributed by atoms with Crippen molar-refractivity contribution in [3.63, 3.8) is 0 Å². The van der Waals surface area contributed by atoms with Crippen LogP contribution in [-0.2, 0) is 13.6 Å². The number of imidazole rings is 1. The fourth-order valence-electron chi connectivity index (χ4n) is 6.65. The molecule has 2 aliphatic carbocycles. The molecule has 41 heavy (non-hydrogen) atoms. The van der Waals surface area contributed by atoms with E-state index in [1.807, 2.05) is 24.1 Å². The van der Waals surface area contributed by atoms with E-state index in [1.54, 1.807) is 7.11 Å². The number of allylic oxidation sites excluding steroid dienone is 1. The van der Waals surface area contributed by atoms with Gasteiger partial charge in [0.05, 0.1) is 18.3 Å². The molecule has 4 aromatic rings. The number of likely N-dealkylation sites (tertiary alicyclic amines) is 1. The number of amides is 1. The Hall–Kier alpha value is -3.58. The first-order chi connectivity index (χ1) is 19.9. The van der Waals surface area contributed by atoms with Gasteiger partial charge in [0.2, 0.25) is 0 Å². The predicted molar refractivity (Wildman–Crippen MR) is 165 cm³/mol. The van der Waals surface area contributed by atoms with Gasteiger partial charge in [-0.3, -0.25) is 4.79 Å². The highest BCUT2D eigenvalue weighted by Crippen LogP contribution is 2.39. The van der Waals surface area contributed by atoms with Gasteiger partial charge in [-0.25, -0.2) is 4.98 Å². The van der Waals surface area contributed by atoms with Crippen molar-refractivity contribution >= 4 is 33.9 Å². The summed E-state index contributed by atoms with van der Waals surface area (Å²) in [5, 5.41) is 1.23. The summed E-state index contributed by atoms with van der Waals surface area (Å²) in [6.07, 6.45) is 10.8. The Morgan fingerprint density at radius 1 is 1.15 bits per heavy atom. The first kappa shape index (κ1) is 26.3. The van der Waals surface area contributed by atoms with E-state index >= 15 is 0 Å². The lowest BCUT2D eigenvalue weighted by Crippen LogP contribution is -2.41. The van der Waals surface area contributed by atoms with Crippen molar-refractivity contribution in [2.45, 2.75) is 64.6 Å². The third-order valence-electron chi connectivity index (χ3n) is 9.69. The predicted octanol–water partition coefficient (Wildman–Crippen LogP) is 6.23. The summed E-state index contributed by atoms with van der Waals surface area (Å²) >= 11 is 0. The molecule has 2 aromatic carbocycles. The Balaban J connectivity index is 1.31. The van der Waals surface area contributed by atoms with Crippen LogP contribution in [0.3, 0.4) is 0 Å². The van der Waals surface area contributed by atoms with Crippen LogP contribution in [0.2, 0.25) is 0 Å². The summed E-state index contributed by atoms with van der Waals surface area (Å²) in [7, 11) is 3.71. The van der Waals surface area contributed by atoms with E-state index in [1.165, 1.54) is 42.1 Å². The van der Waals surface area contributed by atoms with Gasteiger partial charge >= 0.3 is 0 Å². The minimum atomic E-state index is -0.00840. The van der Waals surface area contributed by atoms with E-state index in [0.29, 0.717) is 29.7 Å². The lowest BCUT2D eigenvalue weighted by atomic mass is 9.98. The van der Waals surface area contributed by atoms with Crippen molar-refractivity contribution in [3.8, 4) is 17.3 Å². The molecule has 3 atom stereocenters. The van der Waals surface area contributed by atoms with Crippen molar-refractivity contribution in [2.24, 2.45) is 30.5 Å². The number of ether oxygens (including phenoxy) is 1. The Labute approximate surface area is 242 Å². The summed E-state index contributed by atoms with van der Waals surface area (Å²) in [4.78, 5) is 20.8. The highest BCUT2D eigenvalue weighted by atomic mass is 16.5. The third-order valence-corrected chi connectivity index (χ3v) is 9.69. The van der Waals surface area contributed by atoms with Crippen LogP contribution >= 0.6 is 0 Å². The molecule has 214 valence electrons. The molecular weight excluding hydrogens is 510 g/mol. The maximum atomic E-state index is 13.7. The highest BCUT2D eigenvalue weighted by molar-refractivity contribution is 6.00. The van der Waals surface area contributed by atoms with Crippen molar-refractivity contribution in [3.05, 3.63) is 53.6 Å². The third kappa shape index (κ3) is 4.64.